The zero-order valence-electron chi connectivity index (χ0n) is 17.1. The predicted molar refractivity (Wildman–Crippen MR) is 110 cm³/mol. The smallest absolute Gasteiger partial charge is 0.352 e. The minimum Gasteiger partial charge on any atom is -0.463 e. The third-order valence-corrected chi connectivity index (χ3v) is 4.61. The van der Waals surface area contributed by atoms with Crippen LogP contribution < -0.4 is 0 Å². The lowest BCUT2D eigenvalue weighted by atomic mass is 10.0. The van der Waals surface area contributed by atoms with E-state index in [0.29, 0.717) is 17.7 Å². The summed E-state index contributed by atoms with van der Waals surface area (Å²) in [7, 11) is 0. The van der Waals surface area contributed by atoms with Crippen LogP contribution in [-0.2, 0) is 20.7 Å². The molecule has 1 atom stereocenters. The first-order valence-electron chi connectivity index (χ1n) is 10.1. The normalized spacial score (nSPS) is 11.7. The number of carbonyl (C=O) groups excluding carboxylic acids is 2. The summed E-state index contributed by atoms with van der Waals surface area (Å²) in [5.41, 5.74) is 3.14. The zero-order valence-corrected chi connectivity index (χ0v) is 17.1. The maximum atomic E-state index is 12.8. The number of esters is 2. The van der Waals surface area contributed by atoms with Crippen LogP contribution in [0.1, 0.15) is 72.7 Å². The molecule has 150 valence electrons. The van der Waals surface area contributed by atoms with Gasteiger partial charge in [-0.2, -0.15) is 0 Å². The van der Waals surface area contributed by atoms with Gasteiger partial charge < -0.3 is 9.47 Å². The molecule has 0 N–H and O–H groups in total. The Morgan fingerprint density at radius 2 is 1.68 bits per heavy atom. The third kappa shape index (κ3) is 6.22. The van der Waals surface area contributed by atoms with E-state index in [-0.39, 0.29) is 0 Å². The van der Waals surface area contributed by atoms with Crippen LogP contribution in [0.3, 0.4) is 0 Å². The van der Waals surface area contributed by atoms with Crippen molar-refractivity contribution in [1.82, 2.24) is 0 Å². The van der Waals surface area contributed by atoms with Gasteiger partial charge in [0.2, 0.25) is 6.10 Å². The summed E-state index contributed by atoms with van der Waals surface area (Å²) in [6, 6.07) is 14.8. The molecule has 0 fully saturated rings. The highest BCUT2D eigenvalue weighted by Crippen LogP contribution is 2.23. The molecule has 4 nitrogen and oxygen atoms in total. The van der Waals surface area contributed by atoms with Crippen molar-refractivity contribution in [3.05, 3.63) is 70.8 Å². The van der Waals surface area contributed by atoms with Crippen molar-refractivity contribution >= 4 is 11.9 Å². The molecule has 0 saturated heterocycles. The standard InChI is InChI=1S/C24H30O4/c1-4-6-11-19-14-15-21(18(3)17-19)23(25)28-22(20-12-9-8-10-13-20)24(26)27-16-7-5-2/h8-10,12-15,17,22H,4-7,11,16H2,1-3H3. The second-order valence-corrected chi connectivity index (χ2v) is 6.97. The van der Waals surface area contributed by atoms with Crippen molar-refractivity contribution in [3.63, 3.8) is 0 Å². The molecular formula is C24H30O4. The van der Waals surface area contributed by atoms with E-state index in [1.54, 1.807) is 18.2 Å². The van der Waals surface area contributed by atoms with Gasteiger partial charge in [0.1, 0.15) is 0 Å². The van der Waals surface area contributed by atoms with Gasteiger partial charge in [-0.15, -0.1) is 0 Å². The topological polar surface area (TPSA) is 52.6 Å². The average molecular weight is 383 g/mol. The van der Waals surface area contributed by atoms with E-state index < -0.39 is 18.0 Å². The van der Waals surface area contributed by atoms with Crippen LogP contribution in [0.4, 0.5) is 0 Å². The average Bonchev–Trinajstić information content (AvgIpc) is 2.71. The Morgan fingerprint density at radius 1 is 0.964 bits per heavy atom. The summed E-state index contributed by atoms with van der Waals surface area (Å²) in [5.74, 6) is -1.05. The van der Waals surface area contributed by atoms with E-state index in [2.05, 4.69) is 6.92 Å². The van der Waals surface area contributed by atoms with Gasteiger partial charge in [-0.1, -0.05) is 69.2 Å². The summed E-state index contributed by atoms with van der Waals surface area (Å²) < 4.78 is 10.9. The number of hydrogen-bond acceptors (Lipinski definition) is 4. The number of ether oxygens (including phenoxy) is 2. The highest BCUT2D eigenvalue weighted by Gasteiger charge is 2.27. The molecule has 0 aliphatic rings. The molecule has 2 aromatic rings. The molecular weight excluding hydrogens is 352 g/mol. The van der Waals surface area contributed by atoms with Crippen molar-refractivity contribution in [2.24, 2.45) is 0 Å². The highest BCUT2D eigenvalue weighted by molar-refractivity contribution is 5.93. The first kappa shape index (κ1) is 21.7. The number of benzene rings is 2. The Bertz CT molecular complexity index is 767. The van der Waals surface area contributed by atoms with Gasteiger partial charge in [0.25, 0.3) is 0 Å². The maximum absolute atomic E-state index is 12.8. The first-order valence-corrected chi connectivity index (χ1v) is 10.1. The number of aryl methyl sites for hydroxylation is 2. The van der Waals surface area contributed by atoms with Crippen molar-refractivity contribution in [2.75, 3.05) is 6.61 Å². The fourth-order valence-electron chi connectivity index (χ4n) is 2.93. The number of carbonyl (C=O) groups is 2. The van der Waals surface area contributed by atoms with Crippen LogP contribution in [0, 0.1) is 6.92 Å². The van der Waals surface area contributed by atoms with E-state index in [1.165, 1.54) is 5.56 Å². The van der Waals surface area contributed by atoms with Crippen molar-refractivity contribution in [2.45, 2.75) is 59.0 Å². The fourth-order valence-corrected chi connectivity index (χ4v) is 2.93. The van der Waals surface area contributed by atoms with E-state index in [1.807, 2.05) is 44.2 Å². The summed E-state index contributed by atoms with van der Waals surface area (Å²) in [5, 5.41) is 0. The first-order chi connectivity index (χ1) is 13.6. The molecule has 0 aliphatic heterocycles. The summed E-state index contributed by atoms with van der Waals surface area (Å²) in [6.07, 6.45) is 3.87. The van der Waals surface area contributed by atoms with Crippen molar-refractivity contribution in [3.8, 4) is 0 Å². The molecule has 1 unspecified atom stereocenters. The lowest BCUT2D eigenvalue weighted by Crippen LogP contribution is -2.23. The fraction of sp³-hybridized carbons (Fsp3) is 0.417. The summed E-state index contributed by atoms with van der Waals surface area (Å²) >= 11 is 0. The van der Waals surface area contributed by atoms with E-state index in [4.69, 9.17) is 9.47 Å². The number of unbranched alkanes of at least 4 members (excludes halogenated alkanes) is 2. The zero-order chi connectivity index (χ0) is 20.4. The van der Waals surface area contributed by atoms with Crippen LogP contribution in [0.15, 0.2) is 48.5 Å². The highest BCUT2D eigenvalue weighted by atomic mass is 16.6. The monoisotopic (exact) mass is 382 g/mol. The Hall–Kier alpha value is -2.62. The van der Waals surface area contributed by atoms with Crippen LogP contribution in [0.5, 0.6) is 0 Å². The predicted octanol–water partition coefficient (Wildman–Crippen LogP) is 5.58. The molecule has 0 heterocycles. The number of rotatable bonds is 10. The van der Waals surface area contributed by atoms with Gasteiger partial charge in [0.15, 0.2) is 0 Å². The molecule has 0 aromatic heterocycles. The molecule has 0 amide bonds. The Kier molecular flexibility index (Phi) is 8.73. The largest absolute Gasteiger partial charge is 0.463 e. The van der Waals surface area contributed by atoms with Crippen LogP contribution in [-0.4, -0.2) is 18.5 Å². The molecule has 0 aliphatic carbocycles. The second-order valence-electron chi connectivity index (χ2n) is 6.97. The lowest BCUT2D eigenvalue weighted by molar-refractivity contribution is -0.154. The molecule has 2 aromatic carbocycles. The maximum Gasteiger partial charge on any atom is 0.352 e. The Balaban J connectivity index is 2.16. The quantitative estimate of drug-likeness (QED) is 0.398. The Morgan fingerprint density at radius 3 is 2.32 bits per heavy atom. The van der Waals surface area contributed by atoms with Gasteiger partial charge in [0.05, 0.1) is 12.2 Å². The molecule has 0 bridgehead atoms. The number of hydrogen-bond donors (Lipinski definition) is 0. The van der Waals surface area contributed by atoms with E-state index >= 15 is 0 Å². The minimum absolute atomic E-state index is 0.321. The van der Waals surface area contributed by atoms with Crippen molar-refractivity contribution < 1.29 is 19.1 Å². The molecule has 2 rings (SSSR count). The van der Waals surface area contributed by atoms with Crippen LogP contribution in [0.2, 0.25) is 0 Å². The second kappa shape index (κ2) is 11.3. The molecule has 0 saturated carbocycles. The van der Waals surface area contributed by atoms with Crippen LogP contribution >= 0.6 is 0 Å². The van der Waals surface area contributed by atoms with Gasteiger partial charge in [-0.25, -0.2) is 9.59 Å². The molecule has 0 spiro atoms. The Labute approximate surface area is 167 Å². The van der Waals surface area contributed by atoms with Crippen LogP contribution in [0.25, 0.3) is 0 Å². The van der Waals surface area contributed by atoms with E-state index in [0.717, 1.165) is 37.7 Å². The molecule has 28 heavy (non-hydrogen) atoms. The molecule has 4 heteroatoms. The van der Waals surface area contributed by atoms with E-state index in [9.17, 15) is 9.59 Å². The third-order valence-electron chi connectivity index (χ3n) is 4.61. The van der Waals surface area contributed by atoms with Gasteiger partial charge >= 0.3 is 11.9 Å². The van der Waals surface area contributed by atoms with Gasteiger partial charge in [-0.05, 0) is 43.4 Å². The van der Waals surface area contributed by atoms with Gasteiger partial charge in [0, 0.05) is 5.56 Å². The summed E-state index contributed by atoms with van der Waals surface area (Å²) in [6.45, 7) is 6.39. The van der Waals surface area contributed by atoms with Crippen molar-refractivity contribution in [1.29, 1.82) is 0 Å². The molecule has 0 radical (unpaired) electrons. The minimum atomic E-state index is -1.07. The lowest BCUT2D eigenvalue weighted by Gasteiger charge is -2.18. The van der Waals surface area contributed by atoms with Gasteiger partial charge in [-0.3, -0.25) is 0 Å². The summed E-state index contributed by atoms with van der Waals surface area (Å²) in [4.78, 5) is 25.3. The SMILES string of the molecule is CCCCOC(=O)C(OC(=O)c1ccc(CCCC)cc1C)c1ccccc1.